The topological polar surface area (TPSA) is 55.7 Å². The molecule has 15 heavy (non-hydrogen) atoms. The highest BCUT2D eigenvalue weighted by molar-refractivity contribution is 7.71. The number of hydrogen-bond donors (Lipinski definition) is 1. The van der Waals surface area contributed by atoms with Crippen molar-refractivity contribution in [1.82, 2.24) is 19.7 Å². The monoisotopic (exact) mass is 222 g/mol. The second-order valence-corrected chi connectivity index (χ2v) is 3.37. The Labute approximate surface area is 91.7 Å². The molecule has 0 bridgehead atoms. The molecule has 0 fully saturated rings. The van der Waals surface area contributed by atoms with Gasteiger partial charge in [-0.15, -0.1) is 0 Å². The summed E-state index contributed by atoms with van der Waals surface area (Å²) in [4.78, 5) is 8.12. The number of aromatic amines is 1. The lowest BCUT2D eigenvalue weighted by atomic mass is 10.5. The first kappa shape index (κ1) is 10.0. The third-order valence-electron chi connectivity index (χ3n) is 1.85. The van der Waals surface area contributed by atoms with Gasteiger partial charge in [0.05, 0.1) is 18.5 Å². The summed E-state index contributed by atoms with van der Waals surface area (Å²) >= 11 is 5.18. The molecule has 0 amide bonds. The molecule has 78 valence electrons. The van der Waals surface area contributed by atoms with Gasteiger partial charge in [0.1, 0.15) is 4.64 Å². The van der Waals surface area contributed by atoms with E-state index in [4.69, 9.17) is 17.0 Å². The summed E-state index contributed by atoms with van der Waals surface area (Å²) in [6.07, 6.45) is 4.88. The smallest absolute Gasteiger partial charge is 0.171 e. The molecule has 0 saturated carbocycles. The highest BCUT2D eigenvalue weighted by Gasteiger charge is 2.02. The van der Waals surface area contributed by atoms with Crippen LogP contribution < -0.4 is 0 Å². The predicted octanol–water partition coefficient (Wildman–Crippen LogP) is 1.47. The van der Waals surface area contributed by atoms with Crippen LogP contribution in [-0.2, 0) is 11.3 Å². The first-order valence-corrected chi connectivity index (χ1v) is 4.78. The Kier molecular flexibility index (Phi) is 2.89. The number of rotatable bonds is 3. The third kappa shape index (κ3) is 2.11. The van der Waals surface area contributed by atoms with E-state index in [2.05, 4.69) is 15.1 Å². The van der Waals surface area contributed by atoms with Crippen LogP contribution in [0.5, 0.6) is 0 Å². The molecule has 0 atom stereocenters. The van der Waals surface area contributed by atoms with Gasteiger partial charge in [-0.3, -0.25) is 10.1 Å². The molecule has 0 saturated heterocycles. The molecule has 2 aromatic heterocycles. The van der Waals surface area contributed by atoms with Crippen LogP contribution >= 0.6 is 12.2 Å². The molecule has 0 aliphatic rings. The molecule has 2 rings (SSSR count). The number of H-pyrrole nitrogens is 1. The quantitative estimate of drug-likeness (QED) is 0.799. The first-order chi connectivity index (χ1) is 7.31. The molecule has 6 heteroatoms. The first-order valence-electron chi connectivity index (χ1n) is 4.37. The average Bonchev–Trinajstić information content (AvgIpc) is 2.61. The fourth-order valence-corrected chi connectivity index (χ4v) is 1.53. The van der Waals surface area contributed by atoms with Gasteiger partial charge in [0.2, 0.25) is 0 Å². The summed E-state index contributed by atoms with van der Waals surface area (Å²) in [6, 6.07) is 1.84. The van der Waals surface area contributed by atoms with Gasteiger partial charge in [-0.05, 0) is 6.07 Å². The van der Waals surface area contributed by atoms with Crippen molar-refractivity contribution >= 4 is 12.2 Å². The van der Waals surface area contributed by atoms with Gasteiger partial charge in [0, 0.05) is 19.5 Å². The second-order valence-electron chi connectivity index (χ2n) is 2.95. The molecule has 2 aromatic rings. The van der Waals surface area contributed by atoms with Crippen molar-refractivity contribution in [3.8, 4) is 5.82 Å². The molecular weight excluding hydrogens is 212 g/mol. The zero-order valence-electron chi connectivity index (χ0n) is 8.17. The van der Waals surface area contributed by atoms with Crippen molar-refractivity contribution in [3.05, 3.63) is 35.0 Å². The van der Waals surface area contributed by atoms with Gasteiger partial charge in [-0.2, -0.15) is 0 Å². The van der Waals surface area contributed by atoms with Crippen molar-refractivity contribution in [2.24, 2.45) is 0 Å². The summed E-state index contributed by atoms with van der Waals surface area (Å²) in [5.41, 5.74) is 0.910. The summed E-state index contributed by atoms with van der Waals surface area (Å²) in [5.74, 6) is 0.671. The molecule has 0 unspecified atom stereocenters. The second kappa shape index (κ2) is 4.33. The van der Waals surface area contributed by atoms with Gasteiger partial charge >= 0.3 is 0 Å². The van der Waals surface area contributed by atoms with E-state index in [1.807, 2.05) is 6.07 Å². The fourth-order valence-electron chi connectivity index (χ4n) is 1.25. The molecule has 1 N–H and O–H groups in total. The Morgan fingerprint density at radius 2 is 2.40 bits per heavy atom. The van der Waals surface area contributed by atoms with Gasteiger partial charge < -0.3 is 4.74 Å². The number of aromatic nitrogens is 4. The van der Waals surface area contributed by atoms with E-state index in [0.717, 1.165) is 5.69 Å². The number of nitrogens with one attached hydrogen (secondary N) is 1. The number of hydrogen-bond acceptors (Lipinski definition) is 4. The lowest BCUT2D eigenvalue weighted by molar-refractivity contribution is 0.181. The number of ether oxygens (including phenoxy) is 1. The predicted molar refractivity (Wildman–Crippen MR) is 57.3 cm³/mol. The highest BCUT2D eigenvalue weighted by Crippen LogP contribution is 2.06. The normalized spacial score (nSPS) is 10.5. The lowest BCUT2D eigenvalue weighted by Crippen LogP contribution is -2.00. The van der Waals surface area contributed by atoms with E-state index < -0.39 is 0 Å². The Morgan fingerprint density at radius 1 is 1.53 bits per heavy atom. The third-order valence-corrected chi connectivity index (χ3v) is 2.15. The van der Waals surface area contributed by atoms with Crippen LogP contribution in [0.3, 0.4) is 0 Å². The molecule has 0 aliphatic carbocycles. The van der Waals surface area contributed by atoms with E-state index in [9.17, 15) is 0 Å². The van der Waals surface area contributed by atoms with Crippen LogP contribution in [0.4, 0.5) is 0 Å². The van der Waals surface area contributed by atoms with E-state index in [0.29, 0.717) is 17.1 Å². The SMILES string of the molecule is COCc1cc(=S)n(-c2cnccn2)[nH]1. The zero-order chi connectivity index (χ0) is 10.7. The average molecular weight is 222 g/mol. The van der Waals surface area contributed by atoms with Gasteiger partial charge in [0.25, 0.3) is 0 Å². The molecule has 0 aromatic carbocycles. The van der Waals surface area contributed by atoms with E-state index >= 15 is 0 Å². The van der Waals surface area contributed by atoms with Crippen molar-refractivity contribution < 1.29 is 4.74 Å². The molecule has 0 spiro atoms. The summed E-state index contributed by atoms with van der Waals surface area (Å²) in [7, 11) is 1.64. The Hall–Kier alpha value is -1.53. The van der Waals surface area contributed by atoms with Crippen LogP contribution in [0.2, 0.25) is 0 Å². The van der Waals surface area contributed by atoms with E-state index in [1.165, 1.54) is 0 Å². The minimum Gasteiger partial charge on any atom is -0.378 e. The molecular formula is C9H10N4OS. The Balaban J connectivity index is 2.41. The van der Waals surface area contributed by atoms with Gasteiger partial charge in [-0.25, -0.2) is 9.67 Å². The van der Waals surface area contributed by atoms with Crippen LogP contribution in [0, 0.1) is 4.64 Å². The number of nitrogens with zero attached hydrogens (tertiary/aromatic N) is 3. The zero-order valence-corrected chi connectivity index (χ0v) is 8.99. The van der Waals surface area contributed by atoms with Crippen molar-refractivity contribution in [1.29, 1.82) is 0 Å². The van der Waals surface area contributed by atoms with Crippen LogP contribution in [-0.4, -0.2) is 26.9 Å². The van der Waals surface area contributed by atoms with Crippen molar-refractivity contribution in [2.45, 2.75) is 6.61 Å². The largest absolute Gasteiger partial charge is 0.378 e. The molecule has 5 nitrogen and oxygen atoms in total. The standard InChI is InChI=1S/C9H10N4OS/c1-14-6-7-4-9(15)13(12-7)8-5-10-2-3-11-8/h2-5,12H,6H2,1H3. The maximum atomic E-state index is 5.18. The van der Waals surface area contributed by atoms with Crippen LogP contribution in [0.15, 0.2) is 24.7 Å². The maximum absolute atomic E-state index is 5.18. The Bertz CT molecular complexity index is 490. The minimum atomic E-state index is 0.497. The number of methoxy groups -OCH3 is 1. The lowest BCUT2D eigenvalue weighted by Gasteiger charge is -2.00. The highest BCUT2D eigenvalue weighted by atomic mass is 32.1. The molecule has 2 heterocycles. The summed E-state index contributed by atoms with van der Waals surface area (Å²) < 4.78 is 7.35. The summed E-state index contributed by atoms with van der Waals surface area (Å²) in [6.45, 7) is 0.497. The van der Waals surface area contributed by atoms with E-state index in [-0.39, 0.29) is 0 Å². The maximum Gasteiger partial charge on any atom is 0.171 e. The van der Waals surface area contributed by atoms with E-state index in [1.54, 1.807) is 30.4 Å². The van der Waals surface area contributed by atoms with Crippen LogP contribution in [0.1, 0.15) is 5.69 Å². The fraction of sp³-hybridized carbons (Fsp3) is 0.222. The van der Waals surface area contributed by atoms with Crippen molar-refractivity contribution in [2.75, 3.05) is 7.11 Å². The van der Waals surface area contributed by atoms with Gasteiger partial charge in [0.15, 0.2) is 5.82 Å². The van der Waals surface area contributed by atoms with Gasteiger partial charge in [-0.1, -0.05) is 12.2 Å². The minimum absolute atomic E-state index is 0.497. The summed E-state index contributed by atoms with van der Waals surface area (Å²) in [5, 5.41) is 3.08. The molecule has 0 aliphatic heterocycles. The Morgan fingerprint density at radius 3 is 3.07 bits per heavy atom. The van der Waals surface area contributed by atoms with Crippen LogP contribution in [0.25, 0.3) is 5.82 Å². The van der Waals surface area contributed by atoms with Crippen molar-refractivity contribution in [3.63, 3.8) is 0 Å². The molecule has 0 radical (unpaired) electrons.